The van der Waals surface area contributed by atoms with Crippen LogP contribution in [0.5, 0.6) is 0 Å². The molecule has 1 aromatic carbocycles. The number of hydrogen-bond donors (Lipinski definition) is 1. The third-order valence-electron chi connectivity index (χ3n) is 4.67. The third-order valence-corrected chi connectivity index (χ3v) is 4.67. The van der Waals surface area contributed by atoms with Crippen LogP contribution < -0.4 is 0 Å². The van der Waals surface area contributed by atoms with E-state index in [4.69, 9.17) is 5.11 Å². The van der Waals surface area contributed by atoms with E-state index in [1.54, 1.807) is 23.4 Å². The lowest BCUT2D eigenvalue weighted by molar-refractivity contribution is -0.137. The molecule has 0 spiro atoms. The molecule has 3 rings (SSSR count). The summed E-state index contributed by atoms with van der Waals surface area (Å²) in [7, 11) is 0. The zero-order valence-electron chi connectivity index (χ0n) is 14.3. The van der Waals surface area contributed by atoms with Gasteiger partial charge < -0.3 is 10.0 Å². The van der Waals surface area contributed by atoms with Gasteiger partial charge in [-0.2, -0.15) is 0 Å². The molecule has 0 saturated carbocycles. The first kappa shape index (κ1) is 18.0. The first-order valence-electron chi connectivity index (χ1n) is 8.60. The minimum Gasteiger partial charge on any atom is -0.481 e. The summed E-state index contributed by atoms with van der Waals surface area (Å²) in [5, 5.41) is 8.81. The van der Waals surface area contributed by atoms with Gasteiger partial charge >= 0.3 is 5.97 Å². The Morgan fingerprint density at radius 1 is 1.23 bits per heavy atom. The molecule has 2 heterocycles. The Bertz CT molecular complexity index is 798. The SMILES string of the molecule is O=C(O)CCC1CCCN(C(=O)c2ccc(-c3cncnc3)cc2F)C1. The summed E-state index contributed by atoms with van der Waals surface area (Å²) in [5.74, 6) is -1.62. The second kappa shape index (κ2) is 8.03. The highest BCUT2D eigenvalue weighted by Crippen LogP contribution is 2.25. The van der Waals surface area contributed by atoms with Gasteiger partial charge in [0.05, 0.1) is 5.56 Å². The highest BCUT2D eigenvalue weighted by molar-refractivity contribution is 5.95. The molecule has 26 heavy (non-hydrogen) atoms. The van der Waals surface area contributed by atoms with E-state index in [0.717, 1.165) is 12.8 Å². The topological polar surface area (TPSA) is 83.4 Å². The van der Waals surface area contributed by atoms with Gasteiger partial charge in [-0.05, 0) is 42.9 Å². The molecule has 1 N–H and O–H groups in total. The van der Waals surface area contributed by atoms with E-state index in [0.29, 0.717) is 30.6 Å². The van der Waals surface area contributed by atoms with Crippen LogP contribution in [-0.4, -0.2) is 44.9 Å². The fourth-order valence-electron chi connectivity index (χ4n) is 3.30. The van der Waals surface area contributed by atoms with Gasteiger partial charge in [-0.3, -0.25) is 9.59 Å². The quantitative estimate of drug-likeness (QED) is 0.889. The summed E-state index contributed by atoms with van der Waals surface area (Å²) < 4.78 is 14.5. The van der Waals surface area contributed by atoms with Gasteiger partial charge in [0.25, 0.3) is 5.91 Å². The number of aromatic nitrogens is 2. The predicted octanol–water partition coefficient (Wildman–Crippen LogP) is 3.00. The highest BCUT2D eigenvalue weighted by atomic mass is 19.1. The van der Waals surface area contributed by atoms with Gasteiger partial charge in [-0.25, -0.2) is 14.4 Å². The molecule has 0 bridgehead atoms. The van der Waals surface area contributed by atoms with Crippen molar-refractivity contribution < 1.29 is 19.1 Å². The van der Waals surface area contributed by atoms with Crippen LogP contribution in [0.25, 0.3) is 11.1 Å². The van der Waals surface area contributed by atoms with Gasteiger partial charge in [0, 0.05) is 37.5 Å². The predicted molar refractivity (Wildman–Crippen MR) is 92.9 cm³/mol. The Morgan fingerprint density at radius 2 is 2.00 bits per heavy atom. The number of amides is 1. The van der Waals surface area contributed by atoms with Gasteiger partial charge in [-0.1, -0.05) is 6.07 Å². The van der Waals surface area contributed by atoms with Crippen molar-refractivity contribution in [3.63, 3.8) is 0 Å². The van der Waals surface area contributed by atoms with E-state index >= 15 is 0 Å². The van der Waals surface area contributed by atoms with Crippen molar-refractivity contribution in [2.24, 2.45) is 5.92 Å². The van der Waals surface area contributed by atoms with E-state index in [2.05, 4.69) is 9.97 Å². The van der Waals surface area contributed by atoms with Crippen LogP contribution in [0.15, 0.2) is 36.9 Å². The number of halogens is 1. The van der Waals surface area contributed by atoms with Crippen molar-refractivity contribution >= 4 is 11.9 Å². The number of piperidine rings is 1. The molecular weight excluding hydrogens is 337 g/mol. The largest absolute Gasteiger partial charge is 0.481 e. The highest BCUT2D eigenvalue weighted by Gasteiger charge is 2.26. The van der Waals surface area contributed by atoms with Crippen molar-refractivity contribution in [3.8, 4) is 11.1 Å². The molecule has 1 aliphatic heterocycles. The molecule has 1 aliphatic rings. The van der Waals surface area contributed by atoms with Gasteiger partial charge in [-0.15, -0.1) is 0 Å². The molecule has 6 nitrogen and oxygen atoms in total. The van der Waals surface area contributed by atoms with E-state index in [9.17, 15) is 14.0 Å². The average molecular weight is 357 g/mol. The molecule has 1 atom stereocenters. The summed E-state index contributed by atoms with van der Waals surface area (Å²) in [6, 6.07) is 4.49. The van der Waals surface area contributed by atoms with Crippen LogP contribution in [0.4, 0.5) is 4.39 Å². The number of benzene rings is 1. The Kier molecular flexibility index (Phi) is 5.55. The monoisotopic (exact) mass is 357 g/mol. The summed E-state index contributed by atoms with van der Waals surface area (Å²) in [6.45, 7) is 1.04. The molecule has 1 aromatic heterocycles. The third kappa shape index (κ3) is 4.22. The van der Waals surface area contributed by atoms with Gasteiger partial charge in [0.1, 0.15) is 12.1 Å². The Labute approximate surface area is 150 Å². The second-order valence-corrected chi connectivity index (χ2v) is 6.51. The molecule has 1 amide bonds. The van der Waals surface area contributed by atoms with Crippen LogP contribution in [0, 0.1) is 11.7 Å². The Hall–Kier alpha value is -2.83. The molecule has 136 valence electrons. The van der Waals surface area contributed by atoms with Crippen LogP contribution in [0.3, 0.4) is 0 Å². The van der Waals surface area contributed by atoms with Crippen molar-refractivity contribution in [3.05, 3.63) is 48.3 Å². The van der Waals surface area contributed by atoms with Gasteiger partial charge in [0.2, 0.25) is 0 Å². The number of carboxylic acids is 1. The van der Waals surface area contributed by atoms with Crippen molar-refractivity contribution in [2.45, 2.75) is 25.7 Å². The standard InChI is InChI=1S/C19H20FN3O3/c20-17-8-14(15-9-21-12-22-10-15)4-5-16(17)19(26)23-7-1-2-13(11-23)3-6-18(24)25/h4-5,8-10,12-13H,1-3,6-7,11H2,(H,24,25). The van der Waals surface area contributed by atoms with Crippen LogP contribution in [0.2, 0.25) is 0 Å². The minimum absolute atomic E-state index is 0.0319. The average Bonchev–Trinajstić information content (AvgIpc) is 2.66. The first-order valence-corrected chi connectivity index (χ1v) is 8.60. The fourth-order valence-corrected chi connectivity index (χ4v) is 3.30. The normalized spacial score (nSPS) is 17.1. The van der Waals surface area contributed by atoms with Gasteiger partial charge in [0.15, 0.2) is 0 Å². The number of rotatable bonds is 5. The lowest BCUT2D eigenvalue weighted by Crippen LogP contribution is -2.40. The lowest BCUT2D eigenvalue weighted by atomic mass is 9.93. The smallest absolute Gasteiger partial charge is 0.303 e. The number of nitrogens with zero attached hydrogens (tertiary/aromatic N) is 3. The molecule has 1 saturated heterocycles. The molecule has 0 radical (unpaired) electrons. The molecule has 1 unspecified atom stereocenters. The maximum atomic E-state index is 14.5. The van der Waals surface area contributed by atoms with Crippen molar-refractivity contribution in [1.82, 2.24) is 14.9 Å². The fraction of sp³-hybridized carbons (Fsp3) is 0.368. The molecule has 1 fully saturated rings. The number of carbonyl (C=O) groups is 2. The zero-order valence-corrected chi connectivity index (χ0v) is 14.3. The number of hydrogen-bond acceptors (Lipinski definition) is 4. The van der Waals surface area contributed by atoms with Crippen LogP contribution in [0.1, 0.15) is 36.0 Å². The van der Waals surface area contributed by atoms with Crippen LogP contribution >= 0.6 is 0 Å². The number of carbonyl (C=O) groups excluding carboxylic acids is 1. The summed E-state index contributed by atoms with van der Waals surface area (Å²) in [6.07, 6.45) is 6.89. The number of aliphatic carboxylic acids is 1. The Balaban J connectivity index is 1.72. The minimum atomic E-state index is -0.833. The maximum Gasteiger partial charge on any atom is 0.303 e. The maximum absolute atomic E-state index is 14.5. The van der Waals surface area contributed by atoms with Crippen molar-refractivity contribution in [2.75, 3.05) is 13.1 Å². The lowest BCUT2D eigenvalue weighted by Gasteiger charge is -2.32. The second-order valence-electron chi connectivity index (χ2n) is 6.51. The number of likely N-dealkylation sites (tertiary alicyclic amines) is 1. The Morgan fingerprint density at radius 3 is 2.69 bits per heavy atom. The van der Waals surface area contributed by atoms with E-state index < -0.39 is 11.8 Å². The molecular formula is C19H20FN3O3. The zero-order chi connectivity index (χ0) is 18.5. The summed E-state index contributed by atoms with van der Waals surface area (Å²) >= 11 is 0. The number of carboxylic acid groups (broad SMARTS) is 1. The molecule has 2 aromatic rings. The van der Waals surface area contributed by atoms with E-state index in [1.807, 2.05) is 0 Å². The summed E-state index contributed by atoms with van der Waals surface area (Å²) in [5.41, 5.74) is 1.32. The van der Waals surface area contributed by atoms with E-state index in [-0.39, 0.29) is 23.8 Å². The van der Waals surface area contributed by atoms with Crippen molar-refractivity contribution in [1.29, 1.82) is 0 Å². The van der Waals surface area contributed by atoms with Crippen LogP contribution in [-0.2, 0) is 4.79 Å². The molecule has 0 aliphatic carbocycles. The first-order chi connectivity index (χ1) is 12.5. The van der Waals surface area contributed by atoms with E-state index in [1.165, 1.54) is 18.5 Å². The summed E-state index contributed by atoms with van der Waals surface area (Å²) in [4.78, 5) is 32.9. The molecule has 7 heteroatoms.